The highest BCUT2D eigenvalue weighted by atomic mass is 16.5. The van der Waals surface area contributed by atoms with Gasteiger partial charge in [0.15, 0.2) is 0 Å². The highest BCUT2D eigenvalue weighted by Gasteiger charge is 2.03. The molecule has 100 valence electrons. The van der Waals surface area contributed by atoms with Crippen molar-refractivity contribution in [3.8, 4) is 5.75 Å². The van der Waals surface area contributed by atoms with Gasteiger partial charge in [0.2, 0.25) is 0 Å². The van der Waals surface area contributed by atoms with E-state index in [1.807, 2.05) is 32.1 Å². The Morgan fingerprint density at radius 2 is 2.21 bits per heavy atom. The van der Waals surface area contributed by atoms with Crippen LogP contribution < -0.4 is 10.5 Å². The lowest BCUT2D eigenvalue weighted by Gasteiger charge is -2.05. The first-order valence-corrected chi connectivity index (χ1v) is 5.91. The molecule has 0 saturated carbocycles. The molecule has 0 aromatic carbocycles. The van der Waals surface area contributed by atoms with E-state index in [1.165, 1.54) is 17.8 Å². The average molecular weight is 258 g/mol. The van der Waals surface area contributed by atoms with Crippen molar-refractivity contribution in [2.24, 2.45) is 5.73 Å². The Balaban J connectivity index is 2.76. The Labute approximate surface area is 113 Å². The summed E-state index contributed by atoms with van der Waals surface area (Å²) in [5.74, 6) is 0.672. The summed E-state index contributed by atoms with van der Waals surface area (Å²) in [6.45, 7) is 7.53. The van der Waals surface area contributed by atoms with Crippen LogP contribution in [0.4, 0.5) is 0 Å². The van der Waals surface area contributed by atoms with Gasteiger partial charge in [0.05, 0.1) is 0 Å². The van der Waals surface area contributed by atoms with Crippen LogP contribution in [0.1, 0.15) is 30.8 Å². The lowest BCUT2D eigenvalue weighted by molar-refractivity contribution is 0.0995. The second kappa shape index (κ2) is 7.16. The number of hydrogen-bond acceptors (Lipinski definition) is 3. The molecule has 0 bridgehead atoms. The summed E-state index contributed by atoms with van der Waals surface area (Å²) in [7, 11) is 0. The number of aromatic nitrogens is 1. The van der Waals surface area contributed by atoms with Crippen LogP contribution in [0, 0.1) is 0 Å². The Morgan fingerprint density at radius 1 is 1.47 bits per heavy atom. The SMILES string of the molecule is C=CC/C(C)=C\C=C(/C)Oc1ccnc(C(N)=O)c1. The van der Waals surface area contributed by atoms with Gasteiger partial charge in [-0.15, -0.1) is 6.58 Å². The maximum atomic E-state index is 11.0. The zero-order chi connectivity index (χ0) is 14.3. The molecule has 1 aromatic rings. The molecule has 0 aliphatic carbocycles. The normalized spacial score (nSPS) is 12.1. The summed E-state index contributed by atoms with van der Waals surface area (Å²) in [5, 5.41) is 0. The molecule has 1 rings (SSSR count). The molecule has 0 saturated heterocycles. The van der Waals surface area contributed by atoms with Crippen molar-refractivity contribution in [3.63, 3.8) is 0 Å². The van der Waals surface area contributed by atoms with Crippen LogP contribution in [0.25, 0.3) is 0 Å². The number of primary amides is 1. The van der Waals surface area contributed by atoms with Gasteiger partial charge in [-0.05, 0) is 32.4 Å². The number of pyridine rings is 1. The minimum absolute atomic E-state index is 0.184. The predicted molar refractivity (Wildman–Crippen MR) is 75.7 cm³/mol. The first kappa shape index (κ1) is 14.7. The number of carbonyl (C=O) groups excluding carboxylic acids is 1. The Kier molecular flexibility index (Phi) is 5.54. The van der Waals surface area contributed by atoms with Gasteiger partial charge in [0, 0.05) is 12.3 Å². The molecule has 1 heterocycles. The third-order valence-electron chi connectivity index (χ3n) is 2.33. The number of carbonyl (C=O) groups is 1. The monoisotopic (exact) mass is 258 g/mol. The Hall–Kier alpha value is -2.36. The molecule has 0 radical (unpaired) electrons. The second-order valence-corrected chi connectivity index (χ2v) is 4.13. The highest BCUT2D eigenvalue weighted by molar-refractivity contribution is 5.91. The van der Waals surface area contributed by atoms with Crippen LogP contribution in [-0.4, -0.2) is 10.9 Å². The van der Waals surface area contributed by atoms with Crippen LogP contribution >= 0.6 is 0 Å². The lowest BCUT2D eigenvalue weighted by Crippen LogP contribution is -2.12. The second-order valence-electron chi connectivity index (χ2n) is 4.13. The van der Waals surface area contributed by atoms with Gasteiger partial charge in [-0.3, -0.25) is 9.78 Å². The number of nitrogens with two attached hydrogens (primary N) is 1. The van der Waals surface area contributed by atoms with Crippen molar-refractivity contribution in [3.05, 3.63) is 60.2 Å². The van der Waals surface area contributed by atoms with Gasteiger partial charge >= 0.3 is 0 Å². The Bertz CT molecular complexity index is 531. The van der Waals surface area contributed by atoms with E-state index in [0.717, 1.165) is 6.42 Å². The molecule has 0 aliphatic rings. The lowest BCUT2D eigenvalue weighted by atomic mass is 10.2. The van der Waals surface area contributed by atoms with Crippen LogP contribution in [-0.2, 0) is 0 Å². The summed E-state index contributed by atoms with van der Waals surface area (Å²) < 4.78 is 5.58. The van der Waals surface area contributed by atoms with Crippen molar-refractivity contribution >= 4 is 5.91 Å². The van der Waals surface area contributed by atoms with Crippen LogP contribution in [0.5, 0.6) is 5.75 Å². The van der Waals surface area contributed by atoms with E-state index in [2.05, 4.69) is 11.6 Å². The van der Waals surface area contributed by atoms with Gasteiger partial charge in [-0.1, -0.05) is 17.7 Å². The summed E-state index contributed by atoms with van der Waals surface area (Å²) in [6, 6.07) is 3.18. The number of amides is 1. The summed E-state index contributed by atoms with van der Waals surface area (Å²) in [6.07, 6.45) is 8.00. The number of hydrogen-bond donors (Lipinski definition) is 1. The molecular weight excluding hydrogens is 240 g/mol. The largest absolute Gasteiger partial charge is 0.462 e. The fourth-order valence-electron chi connectivity index (χ4n) is 1.38. The minimum Gasteiger partial charge on any atom is -0.462 e. The molecule has 0 spiro atoms. The topological polar surface area (TPSA) is 65.2 Å². The van der Waals surface area contributed by atoms with E-state index in [9.17, 15) is 4.79 Å². The minimum atomic E-state index is -0.575. The molecule has 4 heteroatoms. The van der Waals surface area contributed by atoms with Gasteiger partial charge in [-0.25, -0.2) is 0 Å². The van der Waals surface area contributed by atoms with Crippen LogP contribution in [0.15, 0.2) is 54.5 Å². The zero-order valence-electron chi connectivity index (χ0n) is 11.2. The van der Waals surface area contributed by atoms with Gasteiger partial charge in [0.25, 0.3) is 5.91 Å². The van der Waals surface area contributed by atoms with Gasteiger partial charge in [0.1, 0.15) is 17.2 Å². The smallest absolute Gasteiger partial charge is 0.267 e. The van der Waals surface area contributed by atoms with E-state index in [0.29, 0.717) is 11.5 Å². The number of allylic oxidation sites excluding steroid dienone is 5. The van der Waals surface area contributed by atoms with Crippen molar-refractivity contribution in [2.45, 2.75) is 20.3 Å². The summed E-state index contributed by atoms with van der Waals surface area (Å²) >= 11 is 0. The molecule has 0 aliphatic heterocycles. The summed E-state index contributed by atoms with van der Waals surface area (Å²) in [4.78, 5) is 14.8. The molecule has 2 N–H and O–H groups in total. The Morgan fingerprint density at radius 3 is 2.84 bits per heavy atom. The number of rotatable bonds is 6. The van der Waals surface area contributed by atoms with Crippen molar-refractivity contribution in [1.82, 2.24) is 4.98 Å². The van der Waals surface area contributed by atoms with Crippen molar-refractivity contribution in [2.75, 3.05) is 0 Å². The third kappa shape index (κ3) is 5.21. The fourth-order valence-corrected chi connectivity index (χ4v) is 1.38. The average Bonchev–Trinajstić information content (AvgIpc) is 2.37. The molecule has 0 atom stereocenters. The first-order valence-electron chi connectivity index (χ1n) is 5.91. The maximum absolute atomic E-state index is 11.0. The zero-order valence-corrected chi connectivity index (χ0v) is 11.2. The molecule has 0 fully saturated rings. The standard InChI is InChI=1S/C15H18N2O2/c1-4-5-11(2)6-7-12(3)19-13-8-9-17-14(10-13)15(16)18/h4,6-10H,1,5H2,2-3H3,(H2,16,18)/b11-6-,12-7+. The van der Waals surface area contributed by atoms with Gasteiger partial charge in [-0.2, -0.15) is 0 Å². The molecule has 4 nitrogen and oxygen atoms in total. The van der Waals surface area contributed by atoms with E-state index in [-0.39, 0.29) is 5.69 Å². The quantitative estimate of drug-likeness (QED) is 0.484. The molecule has 1 aromatic heterocycles. The van der Waals surface area contributed by atoms with Crippen LogP contribution in [0.3, 0.4) is 0 Å². The number of nitrogens with zero attached hydrogens (tertiary/aromatic N) is 1. The third-order valence-corrected chi connectivity index (χ3v) is 2.33. The van der Waals surface area contributed by atoms with E-state index in [4.69, 9.17) is 10.5 Å². The van der Waals surface area contributed by atoms with Crippen molar-refractivity contribution in [1.29, 1.82) is 0 Å². The van der Waals surface area contributed by atoms with Gasteiger partial charge < -0.3 is 10.5 Å². The molecular formula is C15H18N2O2. The highest BCUT2D eigenvalue weighted by Crippen LogP contribution is 2.14. The maximum Gasteiger partial charge on any atom is 0.267 e. The summed E-state index contributed by atoms with van der Waals surface area (Å²) in [5.41, 5.74) is 6.52. The predicted octanol–water partition coefficient (Wildman–Crippen LogP) is 2.99. The van der Waals surface area contributed by atoms with E-state index in [1.54, 1.807) is 6.07 Å². The first-order chi connectivity index (χ1) is 9.02. The molecule has 1 amide bonds. The number of ether oxygens (including phenoxy) is 1. The van der Waals surface area contributed by atoms with E-state index >= 15 is 0 Å². The molecule has 0 unspecified atom stereocenters. The van der Waals surface area contributed by atoms with E-state index < -0.39 is 5.91 Å². The fraction of sp³-hybridized carbons (Fsp3) is 0.200. The van der Waals surface area contributed by atoms with Crippen LogP contribution in [0.2, 0.25) is 0 Å². The molecule has 19 heavy (non-hydrogen) atoms. The van der Waals surface area contributed by atoms with Crippen molar-refractivity contribution < 1.29 is 9.53 Å².